The van der Waals surface area contributed by atoms with Crippen LogP contribution in [0.4, 0.5) is 11.5 Å². The van der Waals surface area contributed by atoms with Crippen LogP contribution in [0.3, 0.4) is 0 Å². The number of rotatable bonds is 4. The van der Waals surface area contributed by atoms with Gasteiger partial charge in [0.15, 0.2) is 0 Å². The molecule has 0 spiro atoms. The standard InChI is InChI=1S/C10H12N4O2S.C2H6/c1-11-17(15,16)9-4-2-8(3-5-9)13-10-6-7-12-14-10;1-2/h2-7,11H,1H3,(H2,12,13,14);1-2H3. The Balaban J connectivity index is 0.000000861. The first-order chi connectivity index (χ1) is 9.12. The van der Waals surface area contributed by atoms with Crippen LogP contribution in [0, 0.1) is 0 Å². The number of sulfonamides is 1. The van der Waals surface area contributed by atoms with Gasteiger partial charge in [0.1, 0.15) is 5.82 Å². The summed E-state index contributed by atoms with van der Waals surface area (Å²) in [4.78, 5) is 0.232. The second-order valence-corrected chi connectivity index (χ2v) is 5.21. The Morgan fingerprint density at radius 3 is 2.21 bits per heavy atom. The Morgan fingerprint density at radius 1 is 1.11 bits per heavy atom. The third-order valence-corrected chi connectivity index (χ3v) is 3.64. The molecule has 0 saturated carbocycles. The van der Waals surface area contributed by atoms with Gasteiger partial charge in [-0.1, -0.05) is 13.8 Å². The van der Waals surface area contributed by atoms with Crippen LogP contribution in [-0.4, -0.2) is 25.7 Å². The highest BCUT2D eigenvalue weighted by molar-refractivity contribution is 7.89. The van der Waals surface area contributed by atoms with Crippen molar-refractivity contribution in [3.8, 4) is 0 Å². The lowest BCUT2D eigenvalue weighted by Crippen LogP contribution is -2.18. The summed E-state index contributed by atoms with van der Waals surface area (Å²) in [5.41, 5.74) is 0.782. The van der Waals surface area contributed by atoms with Crippen LogP contribution in [0.25, 0.3) is 0 Å². The molecule has 7 heteroatoms. The monoisotopic (exact) mass is 282 g/mol. The zero-order valence-corrected chi connectivity index (χ0v) is 12.0. The van der Waals surface area contributed by atoms with E-state index in [0.29, 0.717) is 0 Å². The summed E-state index contributed by atoms with van der Waals surface area (Å²) in [6.45, 7) is 4.00. The summed E-state index contributed by atoms with van der Waals surface area (Å²) in [7, 11) is -1.99. The van der Waals surface area contributed by atoms with Crippen molar-refractivity contribution < 1.29 is 8.42 Å². The van der Waals surface area contributed by atoms with Crippen LogP contribution < -0.4 is 10.0 Å². The minimum atomic E-state index is -3.37. The number of hydrogen-bond donors (Lipinski definition) is 3. The van der Waals surface area contributed by atoms with E-state index >= 15 is 0 Å². The molecule has 1 aromatic carbocycles. The average molecular weight is 282 g/mol. The van der Waals surface area contributed by atoms with Crippen LogP contribution in [0.2, 0.25) is 0 Å². The molecule has 0 aliphatic heterocycles. The van der Waals surface area contributed by atoms with Crippen molar-refractivity contribution in [1.82, 2.24) is 14.9 Å². The van der Waals surface area contributed by atoms with Gasteiger partial charge >= 0.3 is 0 Å². The Labute approximate surface area is 113 Å². The van der Waals surface area contributed by atoms with Crippen molar-refractivity contribution in [2.75, 3.05) is 12.4 Å². The summed E-state index contributed by atoms with van der Waals surface area (Å²) in [5, 5.41) is 9.59. The number of nitrogens with zero attached hydrogens (tertiary/aromatic N) is 1. The van der Waals surface area contributed by atoms with E-state index in [-0.39, 0.29) is 4.90 Å². The predicted octanol–water partition coefficient (Wildman–Crippen LogP) is 2.09. The van der Waals surface area contributed by atoms with E-state index < -0.39 is 10.0 Å². The number of benzene rings is 1. The van der Waals surface area contributed by atoms with Gasteiger partial charge in [-0.25, -0.2) is 13.1 Å². The average Bonchev–Trinajstić information content (AvgIpc) is 2.94. The Hall–Kier alpha value is -1.86. The van der Waals surface area contributed by atoms with Gasteiger partial charge in [-0.15, -0.1) is 0 Å². The molecule has 0 aliphatic rings. The topological polar surface area (TPSA) is 86.9 Å². The molecule has 104 valence electrons. The zero-order valence-electron chi connectivity index (χ0n) is 11.1. The number of H-pyrrole nitrogens is 1. The second kappa shape index (κ2) is 6.91. The smallest absolute Gasteiger partial charge is 0.240 e. The normalized spacial score (nSPS) is 10.5. The van der Waals surface area contributed by atoms with Crippen molar-refractivity contribution in [2.45, 2.75) is 18.7 Å². The van der Waals surface area contributed by atoms with Crippen molar-refractivity contribution in [3.05, 3.63) is 36.5 Å². The van der Waals surface area contributed by atoms with Crippen LogP contribution in [0.5, 0.6) is 0 Å². The fraction of sp³-hybridized carbons (Fsp3) is 0.250. The van der Waals surface area contributed by atoms with Gasteiger partial charge in [-0.05, 0) is 31.3 Å². The molecule has 0 unspecified atom stereocenters. The molecule has 1 heterocycles. The maximum Gasteiger partial charge on any atom is 0.240 e. The third kappa shape index (κ3) is 4.08. The molecule has 1 aromatic heterocycles. The fourth-order valence-electron chi connectivity index (χ4n) is 1.32. The maximum absolute atomic E-state index is 11.5. The maximum atomic E-state index is 11.5. The van der Waals surface area contributed by atoms with Gasteiger partial charge in [0.05, 0.1) is 11.1 Å². The third-order valence-electron chi connectivity index (χ3n) is 2.21. The zero-order chi connectivity index (χ0) is 14.3. The van der Waals surface area contributed by atoms with Crippen LogP contribution in [0.15, 0.2) is 41.4 Å². The molecule has 0 aliphatic carbocycles. The molecule has 0 amide bonds. The SMILES string of the molecule is CC.CNS(=O)(=O)c1ccc(Nc2ccn[nH]2)cc1. The number of anilines is 2. The van der Waals surface area contributed by atoms with Crippen LogP contribution in [-0.2, 0) is 10.0 Å². The summed E-state index contributed by atoms with van der Waals surface area (Å²) < 4.78 is 25.2. The van der Waals surface area contributed by atoms with Crippen molar-refractivity contribution >= 4 is 21.5 Å². The van der Waals surface area contributed by atoms with Crippen LogP contribution >= 0.6 is 0 Å². The highest BCUT2D eigenvalue weighted by atomic mass is 32.2. The fourth-order valence-corrected chi connectivity index (χ4v) is 2.05. The minimum Gasteiger partial charge on any atom is -0.341 e. The molecule has 0 bridgehead atoms. The largest absolute Gasteiger partial charge is 0.341 e. The summed E-state index contributed by atoms with van der Waals surface area (Å²) in [6, 6.07) is 8.21. The summed E-state index contributed by atoms with van der Waals surface area (Å²) in [5.74, 6) is 0.745. The summed E-state index contributed by atoms with van der Waals surface area (Å²) >= 11 is 0. The minimum absolute atomic E-state index is 0.232. The molecule has 0 saturated heterocycles. The van der Waals surface area contributed by atoms with Gasteiger partial charge in [0.2, 0.25) is 10.0 Å². The molecule has 2 rings (SSSR count). The summed E-state index contributed by atoms with van der Waals surface area (Å²) in [6.07, 6.45) is 1.63. The van der Waals surface area contributed by atoms with Crippen molar-refractivity contribution in [1.29, 1.82) is 0 Å². The first kappa shape index (κ1) is 15.2. The highest BCUT2D eigenvalue weighted by Crippen LogP contribution is 2.16. The van der Waals surface area contributed by atoms with E-state index in [2.05, 4.69) is 20.2 Å². The number of hydrogen-bond acceptors (Lipinski definition) is 4. The first-order valence-corrected chi connectivity index (χ1v) is 7.40. The molecule has 0 atom stereocenters. The lowest BCUT2D eigenvalue weighted by Gasteiger charge is -2.05. The highest BCUT2D eigenvalue weighted by Gasteiger charge is 2.10. The number of aromatic amines is 1. The molecule has 6 nitrogen and oxygen atoms in total. The van der Waals surface area contributed by atoms with E-state index in [0.717, 1.165) is 11.5 Å². The number of aromatic nitrogens is 2. The molecule has 0 radical (unpaired) electrons. The van der Waals surface area contributed by atoms with E-state index in [1.165, 1.54) is 19.2 Å². The van der Waals surface area contributed by atoms with Crippen LogP contribution in [0.1, 0.15) is 13.8 Å². The Bertz CT molecular complexity index is 577. The lowest BCUT2D eigenvalue weighted by atomic mass is 10.3. The van der Waals surface area contributed by atoms with Gasteiger partial charge in [-0.3, -0.25) is 5.10 Å². The van der Waals surface area contributed by atoms with E-state index in [4.69, 9.17) is 0 Å². The van der Waals surface area contributed by atoms with E-state index in [1.54, 1.807) is 24.4 Å². The van der Waals surface area contributed by atoms with Gasteiger partial charge < -0.3 is 5.32 Å². The first-order valence-electron chi connectivity index (χ1n) is 5.92. The van der Waals surface area contributed by atoms with Gasteiger partial charge in [-0.2, -0.15) is 5.10 Å². The second-order valence-electron chi connectivity index (χ2n) is 3.33. The molecular formula is C12H18N4O2S. The molecular weight excluding hydrogens is 264 g/mol. The Morgan fingerprint density at radius 2 is 1.74 bits per heavy atom. The Kier molecular flexibility index (Phi) is 5.53. The predicted molar refractivity (Wildman–Crippen MR) is 75.9 cm³/mol. The lowest BCUT2D eigenvalue weighted by molar-refractivity contribution is 0.588. The van der Waals surface area contributed by atoms with Crippen molar-refractivity contribution in [2.24, 2.45) is 0 Å². The van der Waals surface area contributed by atoms with Gasteiger partial charge in [0, 0.05) is 11.8 Å². The van der Waals surface area contributed by atoms with Crippen molar-refractivity contribution in [3.63, 3.8) is 0 Å². The number of nitrogens with one attached hydrogen (secondary N) is 3. The molecule has 0 fully saturated rings. The molecule has 19 heavy (non-hydrogen) atoms. The van der Waals surface area contributed by atoms with Gasteiger partial charge in [0.25, 0.3) is 0 Å². The molecule has 2 aromatic rings. The van der Waals surface area contributed by atoms with E-state index in [1.807, 2.05) is 13.8 Å². The quantitative estimate of drug-likeness (QED) is 0.801. The molecule has 3 N–H and O–H groups in total. The van der Waals surface area contributed by atoms with E-state index in [9.17, 15) is 8.42 Å².